The Kier molecular flexibility index (Phi) is 3.01. The SMILES string of the molecule is O=C(O)CN(C(=O)c1cccc2c1CCC2)C1CC1. The van der Waals surface area contributed by atoms with Crippen molar-refractivity contribution < 1.29 is 14.7 Å². The predicted octanol–water partition coefficient (Wildman–Crippen LogP) is 1.86. The van der Waals surface area contributed by atoms with E-state index in [1.165, 1.54) is 10.5 Å². The normalized spacial score (nSPS) is 17.1. The molecular formula is C15H17NO3. The lowest BCUT2D eigenvalue weighted by atomic mass is 10.0. The maximum absolute atomic E-state index is 12.6. The minimum absolute atomic E-state index is 0.108. The number of hydrogen-bond donors (Lipinski definition) is 1. The molecule has 0 saturated heterocycles. The second-order valence-electron chi connectivity index (χ2n) is 5.35. The van der Waals surface area contributed by atoms with Crippen LogP contribution in [0.1, 0.15) is 40.7 Å². The van der Waals surface area contributed by atoms with Gasteiger partial charge in [-0.2, -0.15) is 0 Å². The molecule has 1 fully saturated rings. The molecule has 0 radical (unpaired) electrons. The number of benzene rings is 1. The van der Waals surface area contributed by atoms with Crippen LogP contribution in [0.15, 0.2) is 18.2 Å². The topological polar surface area (TPSA) is 57.6 Å². The molecule has 1 aromatic rings. The first-order valence-corrected chi connectivity index (χ1v) is 6.80. The zero-order chi connectivity index (χ0) is 13.4. The Labute approximate surface area is 112 Å². The zero-order valence-corrected chi connectivity index (χ0v) is 10.8. The van der Waals surface area contributed by atoms with E-state index in [1.807, 2.05) is 12.1 Å². The quantitative estimate of drug-likeness (QED) is 0.898. The van der Waals surface area contributed by atoms with E-state index in [9.17, 15) is 9.59 Å². The van der Waals surface area contributed by atoms with Crippen molar-refractivity contribution in [2.75, 3.05) is 6.54 Å². The van der Waals surface area contributed by atoms with Gasteiger partial charge in [0.2, 0.25) is 0 Å². The molecule has 0 bridgehead atoms. The summed E-state index contributed by atoms with van der Waals surface area (Å²) in [6.45, 7) is -0.187. The minimum atomic E-state index is -0.937. The average Bonchev–Trinajstić information content (AvgIpc) is 3.11. The molecule has 2 aliphatic carbocycles. The van der Waals surface area contributed by atoms with Gasteiger partial charge in [-0.3, -0.25) is 9.59 Å². The number of hydrogen-bond acceptors (Lipinski definition) is 2. The first-order chi connectivity index (χ1) is 9.16. The van der Waals surface area contributed by atoms with Crippen LogP contribution in [0.2, 0.25) is 0 Å². The van der Waals surface area contributed by atoms with E-state index < -0.39 is 5.97 Å². The van der Waals surface area contributed by atoms with Gasteiger partial charge < -0.3 is 10.0 Å². The van der Waals surface area contributed by atoms with Crippen molar-refractivity contribution in [3.63, 3.8) is 0 Å². The summed E-state index contributed by atoms with van der Waals surface area (Å²) in [4.78, 5) is 25.0. The lowest BCUT2D eigenvalue weighted by molar-refractivity contribution is -0.137. The summed E-state index contributed by atoms with van der Waals surface area (Å²) in [5, 5.41) is 8.96. The fraction of sp³-hybridized carbons (Fsp3) is 0.467. The van der Waals surface area contributed by atoms with Crippen LogP contribution in [0.25, 0.3) is 0 Å². The van der Waals surface area contributed by atoms with Crippen molar-refractivity contribution in [2.45, 2.75) is 38.1 Å². The fourth-order valence-electron chi connectivity index (χ4n) is 2.87. The molecule has 1 saturated carbocycles. The van der Waals surface area contributed by atoms with Gasteiger partial charge >= 0.3 is 5.97 Å². The van der Waals surface area contributed by atoms with Crippen LogP contribution in [-0.4, -0.2) is 34.5 Å². The van der Waals surface area contributed by atoms with E-state index in [0.29, 0.717) is 5.56 Å². The molecule has 0 spiro atoms. The maximum Gasteiger partial charge on any atom is 0.323 e. The second kappa shape index (κ2) is 4.68. The largest absolute Gasteiger partial charge is 0.480 e. The number of carboxylic acid groups (broad SMARTS) is 1. The van der Waals surface area contributed by atoms with Crippen LogP contribution in [0.5, 0.6) is 0 Å². The minimum Gasteiger partial charge on any atom is -0.480 e. The van der Waals surface area contributed by atoms with Gasteiger partial charge in [0.05, 0.1) is 0 Å². The molecule has 100 valence electrons. The number of fused-ring (bicyclic) bond motifs is 1. The summed E-state index contributed by atoms with van der Waals surface area (Å²) >= 11 is 0. The molecule has 1 aromatic carbocycles. The first-order valence-electron chi connectivity index (χ1n) is 6.80. The molecule has 0 aliphatic heterocycles. The number of carbonyl (C=O) groups is 2. The van der Waals surface area contributed by atoms with Crippen molar-refractivity contribution in [2.24, 2.45) is 0 Å². The standard InChI is InChI=1S/C15H17NO3/c17-14(18)9-16(11-7-8-11)15(19)13-6-2-4-10-3-1-5-12(10)13/h2,4,6,11H,1,3,5,7-9H2,(H,17,18). The van der Waals surface area contributed by atoms with E-state index in [4.69, 9.17) is 5.11 Å². The number of nitrogens with zero attached hydrogens (tertiary/aromatic N) is 1. The Morgan fingerprint density at radius 1 is 1.26 bits per heavy atom. The zero-order valence-electron chi connectivity index (χ0n) is 10.8. The van der Waals surface area contributed by atoms with Crippen molar-refractivity contribution >= 4 is 11.9 Å². The molecule has 19 heavy (non-hydrogen) atoms. The Morgan fingerprint density at radius 3 is 2.74 bits per heavy atom. The van der Waals surface area contributed by atoms with Crippen LogP contribution in [0.3, 0.4) is 0 Å². The van der Waals surface area contributed by atoms with Gasteiger partial charge in [-0.15, -0.1) is 0 Å². The van der Waals surface area contributed by atoms with Gasteiger partial charge in [-0.1, -0.05) is 12.1 Å². The Balaban J connectivity index is 1.90. The molecule has 0 heterocycles. The molecule has 0 atom stereocenters. The highest BCUT2D eigenvalue weighted by atomic mass is 16.4. The summed E-state index contributed by atoms with van der Waals surface area (Å²) in [7, 11) is 0. The van der Waals surface area contributed by atoms with Gasteiger partial charge in [0, 0.05) is 11.6 Å². The smallest absolute Gasteiger partial charge is 0.323 e. The van der Waals surface area contributed by atoms with E-state index in [-0.39, 0.29) is 18.5 Å². The third kappa shape index (κ3) is 2.35. The summed E-state index contributed by atoms with van der Waals surface area (Å²) in [6.07, 6.45) is 4.89. The molecule has 0 unspecified atom stereocenters. The molecule has 1 amide bonds. The van der Waals surface area contributed by atoms with Crippen molar-refractivity contribution in [3.8, 4) is 0 Å². The van der Waals surface area contributed by atoms with Crippen LogP contribution >= 0.6 is 0 Å². The summed E-state index contributed by atoms with van der Waals surface area (Å²) in [5.41, 5.74) is 3.09. The number of carboxylic acids is 1. The monoisotopic (exact) mass is 259 g/mol. The molecular weight excluding hydrogens is 242 g/mol. The summed E-state index contributed by atoms with van der Waals surface area (Å²) in [6, 6.07) is 5.94. The highest BCUT2D eigenvalue weighted by Crippen LogP contribution is 2.31. The second-order valence-corrected chi connectivity index (χ2v) is 5.35. The van der Waals surface area contributed by atoms with Crippen LogP contribution < -0.4 is 0 Å². The van der Waals surface area contributed by atoms with E-state index in [1.54, 1.807) is 0 Å². The van der Waals surface area contributed by atoms with Crippen LogP contribution in [-0.2, 0) is 17.6 Å². The van der Waals surface area contributed by atoms with Gasteiger partial charge in [0.1, 0.15) is 6.54 Å². The molecule has 1 N–H and O–H groups in total. The Hall–Kier alpha value is -1.84. The van der Waals surface area contributed by atoms with Gasteiger partial charge in [-0.05, 0) is 49.3 Å². The van der Waals surface area contributed by atoms with Crippen molar-refractivity contribution in [3.05, 3.63) is 34.9 Å². The third-order valence-electron chi connectivity index (χ3n) is 3.93. The summed E-state index contributed by atoms with van der Waals surface area (Å²) in [5.74, 6) is -1.04. The van der Waals surface area contributed by atoms with E-state index in [2.05, 4.69) is 6.07 Å². The average molecular weight is 259 g/mol. The molecule has 2 aliphatic rings. The van der Waals surface area contributed by atoms with E-state index >= 15 is 0 Å². The van der Waals surface area contributed by atoms with Gasteiger partial charge in [0.25, 0.3) is 5.91 Å². The van der Waals surface area contributed by atoms with Crippen molar-refractivity contribution in [1.29, 1.82) is 0 Å². The number of aryl methyl sites for hydroxylation is 1. The molecule has 3 rings (SSSR count). The highest BCUT2D eigenvalue weighted by Gasteiger charge is 2.35. The Morgan fingerprint density at radius 2 is 2.05 bits per heavy atom. The van der Waals surface area contributed by atoms with Crippen LogP contribution in [0.4, 0.5) is 0 Å². The third-order valence-corrected chi connectivity index (χ3v) is 3.93. The lowest BCUT2D eigenvalue weighted by Gasteiger charge is -2.21. The maximum atomic E-state index is 12.6. The van der Waals surface area contributed by atoms with Crippen LogP contribution in [0, 0.1) is 0 Å². The number of carbonyl (C=O) groups excluding carboxylic acids is 1. The predicted molar refractivity (Wildman–Crippen MR) is 70.2 cm³/mol. The lowest BCUT2D eigenvalue weighted by Crippen LogP contribution is -2.37. The highest BCUT2D eigenvalue weighted by molar-refractivity contribution is 5.98. The number of amides is 1. The molecule has 0 aromatic heterocycles. The number of aliphatic carboxylic acids is 1. The summed E-state index contributed by atoms with van der Waals surface area (Å²) < 4.78 is 0. The fourth-order valence-corrected chi connectivity index (χ4v) is 2.87. The van der Waals surface area contributed by atoms with Gasteiger partial charge in [-0.25, -0.2) is 0 Å². The Bertz CT molecular complexity index is 534. The van der Waals surface area contributed by atoms with Gasteiger partial charge in [0.15, 0.2) is 0 Å². The van der Waals surface area contributed by atoms with E-state index in [0.717, 1.165) is 37.7 Å². The first kappa shape index (κ1) is 12.2. The molecule has 4 heteroatoms. The van der Waals surface area contributed by atoms with Crippen molar-refractivity contribution in [1.82, 2.24) is 4.90 Å². The number of rotatable bonds is 4. The molecule has 4 nitrogen and oxygen atoms in total.